The minimum absolute atomic E-state index is 0.0521. The van der Waals surface area contributed by atoms with Gasteiger partial charge in [0, 0.05) is 7.05 Å². The number of nitrogens with two attached hydrogens (primary N) is 1. The van der Waals surface area contributed by atoms with Crippen LogP contribution in [-0.2, 0) is 29.1 Å². The molecule has 92 valence electrons. The highest BCUT2D eigenvalue weighted by Crippen LogP contribution is 2.09. The van der Waals surface area contributed by atoms with E-state index in [2.05, 4.69) is 5.10 Å². The lowest BCUT2D eigenvalue weighted by Crippen LogP contribution is -2.14. The lowest BCUT2D eigenvalue weighted by molar-refractivity contribution is 0.589. The molecule has 0 spiro atoms. The van der Waals surface area contributed by atoms with Gasteiger partial charge in [-0.15, -0.1) is 0 Å². The summed E-state index contributed by atoms with van der Waals surface area (Å²) >= 11 is 0. The molecule has 1 heterocycles. The van der Waals surface area contributed by atoms with Crippen LogP contribution in [0.2, 0.25) is 0 Å². The first-order valence-electron chi connectivity index (χ1n) is 5.40. The van der Waals surface area contributed by atoms with Crippen LogP contribution < -0.4 is 5.73 Å². The Kier molecular flexibility index (Phi) is 4.49. The van der Waals surface area contributed by atoms with Crippen LogP contribution in [0.3, 0.4) is 0 Å². The van der Waals surface area contributed by atoms with Crippen molar-refractivity contribution in [3.63, 3.8) is 0 Å². The van der Waals surface area contributed by atoms with E-state index >= 15 is 0 Å². The SMILES string of the molecule is CCc1cc(CS(=O)(=O)CCCN)n(C)n1. The normalized spacial score (nSPS) is 11.9. The average Bonchev–Trinajstić information content (AvgIpc) is 2.56. The average molecular weight is 245 g/mol. The number of rotatable bonds is 6. The lowest BCUT2D eigenvalue weighted by Gasteiger charge is -2.03. The third-order valence-electron chi connectivity index (χ3n) is 2.42. The Morgan fingerprint density at radius 2 is 2.19 bits per heavy atom. The monoisotopic (exact) mass is 245 g/mol. The minimum Gasteiger partial charge on any atom is -0.330 e. The summed E-state index contributed by atoms with van der Waals surface area (Å²) in [5.74, 6) is 0.201. The molecule has 1 aromatic heterocycles. The van der Waals surface area contributed by atoms with Gasteiger partial charge in [0.2, 0.25) is 0 Å². The van der Waals surface area contributed by atoms with Gasteiger partial charge in [-0.2, -0.15) is 5.10 Å². The van der Waals surface area contributed by atoms with Crippen molar-refractivity contribution < 1.29 is 8.42 Å². The fraction of sp³-hybridized carbons (Fsp3) is 0.700. The van der Waals surface area contributed by atoms with Crippen LogP contribution in [0.15, 0.2) is 6.07 Å². The third kappa shape index (κ3) is 3.61. The molecule has 0 aromatic carbocycles. The highest BCUT2D eigenvalue weighted by molar-refractivity contribution is 7.90. The molecule has 0 aliphatic rings. The second-order valence-corrected chi connectivity index (χ2v) is 6.02. The van der Waals surface area contributed by atoms with E-state index in [1.54, 1.807) is 11.7 Å². The van der Waals surface area contributed by atoms with E-state index in [1.807, 2.05) is 13.0 Å². The van der Waals surface area contributed by atoms with Gasteiger partial charge in [-0.3, -0.25) is 4.68 Å². The van der Waals surface area contributed by atoms with Crippen LogP contribution in [0.5, 0.6) is 0 Å². The number of hydrogen-bond donors (Lipinski definition) is 1. The first-order chi connectivity index (χ1) is 7.48. The van der Waals surface area contributed by atoms with Gasteiger partial charge in [0.1, 0.15) is 0 Å². The molecule has 0 unspecified atom stereocenters. The zero-order valence-corrected chi connectivity index (χ0v) is 10.6. The van der Waals surface area contributed by atoms with Gasteiger partial charge in [0.05, 0.1) is 22.9 Å². The van der Waals surface area contributed by atoms with Crippen molar-refractivity contribution in [1.82, 2.24) is 9.78 Å². The molecule has 0 saturated heterocycles. The van der Waals surface area contributed by atoms with Gasteiger partial charge in [0.15, 0.2) is 9.84 Å². The molecule has 1 aromatic rings. The van der Waals surface area contributed by atoms with Crippen molar-refractivity contribution >= 4 is 9.84 Å². The molecule has 16 heavy (non-hydrogen) atoms. The maximum Gasteiger partial charge on any atom is 0.156 e. The number of aryl methyl sites for hydroxylation is 2. The minimum atomic E-state index is -3.06. The standard InChI is InChI=1S/C10H19N3O2S/c1-3-9-7-10(13(2)12-9)8-16(14,15)6-4-5-11/h7H,3-6,8,11H2,1-2H3. The molecule has 0 saturated carbocycles. The molecule has 2 N–H and O–H groups in total. The molecular formula is C10H19N3O2S. The van der Waals surface area contributed by atoms with E-state index in [-0.39, 0.29) is 11.5 Å². The Morgan fingerprint density at radius 1 is 1.50 bits per heavy atom. The van der Waals surface area contributed by atoms with Crippen molar-refractivity contribution in [2.24, 2.45) is 12.8 Å². The summed E-state index contributed by atoms with van der Waals surface area (Å²) in [5, 5.41) is 4.22. The topological polar surface area (TPSA) is 78.0 Å². The molecular weight excluding hydrogens is 226 g/mol. The number of nitrogens with zero attached hydrogens (tertiary/aromatic N) is 2. The largest absolute Gasteiger partial charge is 0.330 e. The Balaban J connectivity index is 2.75. The third-order valence-corrected chi connectivity index (χ3v) is 4.06. The molecule has 5 nitrogen and oxygen atoms in total. The highest BCUT2D eigenvalue weighted by Gasteiger charge is 2.14. The summed E-state index contributed by atoms with van der Waals surface area (Å²) in [6.07, 6.45) is 1.33. The van der Waals surface area contributed by atoms with Crippen LogP contribution in [-0.4, -0.2) is 30.5 Å². The van der Waals surface area contributed by atoms with Crippen molar-refractivity contribution in [3.8, 4) is 0 Å². The quantitative estimate of drug-likeness (QED) is 0.779. The number of hydrogen-bond acceptors (Lipinski definition) is 4. The maximum atomic E-state index is 11.7. The lowest BCUT2D eigenvalue weighted by atomic mass is 10.3. The van der Waals surface area contributed by atoms with Gasteiger partial charge < -0.3 is 5.73 Å². The van der Waals surface area contributed by atoms with Gasteiger partial charge >= 0.3 is 0 Å². The Bertz CT molecular complexity index is 437. The van der Waals surface area contributed by atoms with Gasteiger partial charge in [0.25, 0.3) is 0 Å². The summed E-state index contributed by atoms with van der Waals surface area (Å²) in [7, 11) is -1.28. The zero-order valence-electron chi connectivity index (χ0n) is 9.81. The molecule has 0 aliphatic heterocycles. The molecule has 0 amide bonds. The van der Waals surface area contributed by atoms with Crippen molar-refractivity contribution in [1.29, 1.82) is 0 Å². The Labute approximate surface area is 96.6 Å². The molecule has 1 rings (SSSR count). The molecule has 0 atom stereocenters. The number of aromatic nitrogens is 2. The van der Waals surface area contributed by atoms with Crippen LogP contribution in [0.1, 0.15) is 24.7 Å². The second-order valence-electron chi connectivity index (χ2n) is 3.84. The van der Waals surface area contributed by atoms with Gasteiger partial charge in [-0.25, -0.2) is 8.42 Å². The molecule has 0 radical (unpaired) electrons. The highest BCUT2D eigenvalue weighted by atomic mass is 32.2. The first-order valence-corrected chi connectivity index (χ1v) is 7.23. The van der Waals surface area contributed by atoms with E-state index in [0.29, 0.717) is 13.0 Å². The van der Waals surface area contributed by atoms with E-state index in [9.17, 15) is 8.42 Å². The number of sulfone groups is 1. The zero-order chi connectivity index (χ0) is 12.2. The van der Waals surface area contributed by atoms with E-state index in [1.165, 1.54) is 0 Å². The van der Waals surface area contributed by atoms with E-state index < -0.39 is 9.84 Å². The van der Waals surface area contributed by atoms with Crippen LogP contribution >= 0.6 is 0 Å². The molecule has 0 bridgehead atoms. The fourth-order valence-corrected chi connectivity index (χ4v) is 2.95. The van der Waals surface area contributed by atoms with E-state index in [0.717, 1.165) is 17.8 Å². The maximum absolute atomic E-state index is 11.7. The molecule has 0 fully saturated rings. The fourth-order valence-electron chi connectivity index (χ4n) is 1.48. The van der Waals surface area contributed by atoms with Crippen molar-refractivity contribution in [3.05, 3.63) is 17.5 Å². The smallest absolute Gasteiger partial charge is 0.156 e. The molecule has 0 aliphatic carbocycles. The van der Waals surface area contributed by atoms with Gasteiger partial charge in [-0.1, -0.05) is 6.92 Å². The summed E-state index contributed by atoms with van der Waals surface area (Å²) < 4.78 is 25.1. The second kappa shape index (κ2) is 5.45. The Hall–Kier alpha value is -0.880. The van der Waals surface area contributed by atoms with Gasteiger partial charge in [-0.05, 0) is 25.5 Å². The van der Waals surface area contributed by atoms with Crippen LogP contribution in [0.4, 0.5) is 0 Å². The Morgan fingerprint density at radius 3 is 2.69 bits per heavy atom. The predicted octanol–water partition coefficient (Wildman–Crippen LogP) is 0.246. The summed E-state index contributed by atoms with van der Waals surface area (Å²) in [6.45, 7) is 2.40. The summed E-state index contributed by atoms with van der Waals surface area (Å²) in [4.78, 5) is 0. The first kappa shape index (κ1) is 13.2. The van der Waals surface area contributed by atoms with Crippen molar-refractivity contribution in [2.75, 3.05) is 12.3 Å². The predicted molar refractivity (Wildman–Crippen MR) is 63.7 cm³/mol. The van der Waals surface area contributed by atoms with Crippen molar-refractivity contribution in [2.45, 2.75) is 25.5 Å². The molecule has 6 heteroatoms. The summed E-state index contributed by atoms with van der Waals surface area (Å²) in [5.41, 5.74) is 6.97. The van der Waals surface area contributed by atoms with E-state index in [4.69, 9.17) is 5.73 Å². The summed E-state index contributed by atoms with van der Waals surface area (Å²) in [6, 6.07) is 1.85. The van der Waals surface area contributed by atoms with Crippen LogP contribution in [0, 0.1) is 0 Å². The van der Waals surface area contributed by atoms with Crippen LogP contribution in [0.25, 0.3) is 0 Å².